The van der Waals surface area contributed by atoms with E-state index < -0.39 is 0 Å². The third-order valence-corrected chi connectivity index (χ3v) is 3.50. The Bertz CT molecular complexity index is 475. The molecule has 0 N–H and O–H groups in total. The molecule has 0 atom stereocenters. The van der Waals surface area contributed by atoms with Crippen LogP contribution in [0.1, 0.15) is 59.6 Å². The second-order valence-corrected chi connectivity index (χ2v) is 7.31. The number of hydrogen-bond donors (Lipinski definition) is 0. The maximum Gasteiger partial charge on any atom is 0.223 e. The highest BCUT2D eigenvalue weighted by Gasteiger charge is 2.24. The molecule has 0 unspecified atom stereocenters. The van der Waals surface area contributed by atoms with E-state index in [2.05, 4.69) is 59.7 Å². The lowest BCUT2D eigenvalue weighted by Gasteiger charge is -2.30. The molecule has 0 fully saturated rings. The minimum Gasteiger partial charge on any atom is -0.315 e. The molecule has 0 aliphatic carbocycles. The van der Waals surface area contributed by atoms with Crippen molar-refractivity contribution in [3.8, 4) is 0 Å². The standard InChI is InChI=1S/C17H27NO/c1-12(19)18(8)15-10-9-13(16(2,3)4)11-14(15)17(5,6)7/h9-11H,1-8H3. The number of rotatable bonds is 1. The number of benzene rings is 1. The van der Waals surface area contributed by atoms with Gasteiger partial charge in [0, 0.05) is 19.7 Å². The van der Waals surface area contributed by atoms with Crippen LogP contribution in [0.4, 0.5) is 5.69 Å². The quantitative estimate of drug-likeness (QED) is 0.739. The highest BCUT2D eigenvalue weighted by atomic mass is 16.2. The first kappa shape index (κ1) is 15.7. The van der Waals surface area contributed by atoms with E-state index in [0.717, 1.165) is 5.69 Å². The topological polar surface area (TPSA) is 20.3 Å². The van der Waals surface area contributed by atoms with E-state index >= 15 is 0 Å². The summed E-state index contributed by atoms with van der Waals surface area (Å²) in [6.07, 6.45) is 0. The van der Waals surface area contributed by atoms with Crippen molar-refractivity contribution in [2.24, 2.45) is 0 Å². The van der Waals surface area contributed by atoms with Crippen LogP contribution in [0.2, 0.25) is 0 Å². The van der Waals surface area contributed by atoms with Crippen molar-refractivity contribution in [3.05, 3.63) is 29.3 Å². The Balaban J connectivity index is 3.46. The van der Waals surface area contributed by atoms with Crippen molar-refractivity contribution in [2.45, 2.75) is 59.3 Å². The van der Waals surface area contributed by atoms with E-state index in [-0.39, 0.29) is 16.7 Å². The SMILES string of the molecule is CC(=O)N(C)c1ccc(C(C)(C)C)cc1C(C)(C)C. The summed E-state index contributed by atoms with van der Waals surface area (Å²) in [5.74, 6) is 0.0639. The third kappa shape index (κ3) is 3.59. The number of carbonyl (C=O) groups excluding carboxylic acids is 1. The zero-order valence-electron chi connectivity index (χ0n) is 13.6. The van der Waals surface area contributed by atoms with Crippen LogP contribution in [0, 0.1) is 0 Å². The lowest BCUT2D eigenvalue weighted by Crippen LogP contribution is -2.27. The molecule has 0 bridgehead atoms. The van der Waals surface area contributed by atoms with Gasteiger partial charge in [-0.2, -0.15) is 0 Å². The smallest absolute Gasteiger partial charge is 0.223 e. The van der Waals surface area contributed by atoms with Gasteiger partial charge in [-0.1, -0.05) is 53.7 Å². The summed E-state index contributed by atoms with van der Waals surface area (Å²) in [6.45, 7) is 14.8. The normalized spacial score (nSPS) is 12.4. The molecule has 0 spiro atoms. The fourth-order valence-corrected chi connectivity index (χ4v) is 2.07. The van der Waals surface area contributed by atoms with Crippen LogP contribution < -0.4 is 4.90 Å². The van der Waals surface area contributed by atoms with Crippen LogP contribution in [0.15, 0.2) is 18.2 Å². The molecule has 0 aliphatic rings. The maximum absolute atomic E-state index is 11.6. The lowest BCUT2D eigenvalue weighted by molar-refractivity contribution is -0.116. The van der Waals surface area contributed by atoms with Gasteiger partial charge < -0.3 is 4.90 Å². The molecule has 0 radical (unpaired) electrons. The van der Waals surface area contributed by atoms with E-state index in [0.29, 0.717) is 0 Å². The fraction of sp³-hybridized carbons (Fsp3) is 0.588. The maximum atomic E-state index is 11.6. The van der Waals surface area contributed by atoms with Crippen molar-refractivity contribution in [1.29, 1.82) is 0 Å². The molecule has 1 aromatic carbocycles. The Morgan fingerprint density at radius 3 is 1.89 bits per heavy atom. The van der Waals surface area contributed by atoms with Crippen molar-refractivity contribution in [2.75, 3.05) is 11.9 Å². The van der Waals surface area contributed by atoms with Gasteiger partial charge in [0.05, 0.1) is 0 Å². The third-order valence-electron chi connectivity index (χ3n) is 3.50. The van der Waals surface area contributed by atoms with Crippen LogP contribution >= 0.6 is 0 Å². The number of nitrogens with zero attached hydrogens (tertiary/aromatic N) is 1. The molecule has 0 aliphatic heterocycles. The summed E-state index contributed by atoms with van der Waals surface area (Å²) in [4.78, 5) is 13.4. The van der Waals surface area contributed by atoms with Gasteiger partial charge in [0.1, 0.15) is 0 Å². The van der Waals surface area contributed by atoms with E-state index in [4.69, 9.17) is 0 Å². The summed E-state index contributed by atoms with van der Waals surface area (Å²) in [6, 6.07) is 6.45. The van der Waals surface area contributed by atoms with Crippen molar-refractivity contribution < 1.29 is 4.79 Å². The molecule has 0 saturated heterocycles. The Labute approximate surface area is 117 Å². The van der Waals surface area contributed by atoms with E-state index in [1.54, 1.807) is 11.8 Å². The van der Waals surface area contributed by atoms with Crippen molar-refractivity contribution in [1.82, 2.24) is 0 Å². The van der Waals surface area contributed by atoms with E-state index in [1.807, 2.05) is 7.05 Å². The van der Waals surface area contributed by atoms with E-state index in [1.165, 1.54) is 11.1 Å². The van der Waals surface area contributed by atoms with Crippen LogP contribution in [-0.4, -0.2) is 13.0 Å². The highest BCUT2D eigenvalue weighted by Crippen LogP contribution is 2.35. The number of amides is 1. The van der Waals surface area contributed by atoms with Crippen LogP contribution in [-0.2, 0) is 15.6 Å². The van der Waals surface area contributed by atoms with Gasteiger partial charge in [-0.05, 0) is 28.0 Å². The van der Waals surface area contributed by atoms with Gasteiger partial charge in [0.2, 0.25) is 5.91 Å². The number of hydrogen-bond acceptors (Lipinski definition) is 1. The number of anilines is 1. The van der Waals surface area contributed by atoms with Crippen LogP contribution in [0.25, 0.3) is 0 Å². The zero-order chi connectivity index (χ0) is 15.0. The average Bonchev–Trinajstić information content (AvgIpc) is 2.24. The van der Waals surface area contributed by atoms with Crippen molar-refractivity contribution in [3.63, 3.8) is 0 Å². The van der Waals surface area contributed by atoms with Gasteiger partial charge in [0.15, 0.2) is 0 Å². The number of carbonyl (C=O) groups is 1. The Kier molecular flexibility index (Phi) is 4.14. The highest BCUT2D eigenvalue weighted by molar-refractivity contribution is 5.92. The Hall–Kier alpha value is -1.31. The minimum absolute atomic E-state index is 0.0142. The van der Waals surface area contributed by atoms with E-state index in [9.17, 15) is 4.79 Å². The largest absolute Gasteiger partial charge is 0.315 e. The summed E-state index contributed by atoms with van der Waals surface area (Å²) in [5.41, 5.74) is 3.66. The Morgan fingerprint density at radius 1 is 1.00 bits per heavy atom. The molecule has 1 amide bonds. The molecule has 19 heavy (non-hydrogen) atoms. The molecule has 2 heteroatoms. The fourth-order valence-electron chi connectivity index (χ4n) is 2.07. The first-order valence-electron chi connectivity index (χ1n) is 6.84. The molecule has 1 rings (SSSR count). The van der Waals surface area contributed by atoms with Crippen molar-refractivity contribution >= 4 is 11.6 Å². The minimum atomic E-state index is 0.0142. The molecule has 0 aromatic heterocycles. The van der Waals surface area contributed by atoms with Gasteiger partial charge in [0.25, 0.3) is 0 Å². The summed E-state index contributed by atoms with van der Waals surface area (Å²) >= 11 is 0. The average molecular weight is 261 g/mol. The van der Waals surface area contributed by atoms with Gasteiger partial charge in [-0.3, -0.25) is 4.79 Å². The summed E-state index contributed by atoms with van der Waals surface area (Å²) in [5, 5.41) is 0. The predicted octanol–water partition coefficient (Wildman–Crippen LogP) is 4.26. The first-order valence-corrected chi connectivity index (χ1v) is 6.84. The van der Waals surface area contributed by atoms with Crippen LogP contribution in [0.5, 0.6) is 0 Å². The molecule has 0 saturated carbocycles. The van der Waals surface area contributed by atoms with Gasteiger partial charge in [-0.15, -0.1) is 0 Å². The second kappa shape index (κ2) is 4.99. The lowest BCUT2D eigenvalue weighted by atomic mass is 9.79. The summed E-state index contributed by atoms with van der Waals surface area (Å²) in [7, 11) is 1.84. The molecule has 2 nitrogen and oxygen atoms in total. The predicted molar refractivity (Wildman–Crippen MR) is 82.9 cm³/mol. The monoisotopic (exact) mass is 261 g/mol. The molecule has 106 valence electrons. The Morgan fingerprint density at radius 2 is 1.53 bits per heavy atom. The molecule has 0 heterocycles. The van der Waals surface area contributed by atoms with Crippen LogP contribution in [0.3, 0.4) is 0 Å². The second-order valence-electron chi connectivity index (χ2n) is 7.31. The van der Waals surface area contributed by atoms with Gasteiger partial charge >= 0.3 is 0 Å². The summed E-state index contributed by atoms with van der Waals surface area (Å²) < 4.78 is 0. The molecule has 1 aromatic rings. The van der Waals surface area contributed by atoms with Gasteiger partial charge in [-0.25, -0.2) is 0 Å². The molecular weight excluding hydrogens is 234 g/mol. The zero-order valence-corrected chi connectivity index (χ0v) is 13.6. The first-order chi connectivity index (χ1) is 8.44. The molecular formula is C17H27NO.